The molecule has 2 aromatic heterocycles. The lowest BCUT2D eigenvalue weighted by Crippen LogP contribution is -2.06. The molecule has 0 aromatic carbocycles. The average molecular weight is 249 g/mol. The van der Waals surface area contributed by atoms with Crippen LogP contribution in [0.3, 0.4) is 0 Å². The molecule has 3 N–H and O–H groups in total. The summed E-state index contributed by atoms with van der Waals surface area (Å²) >= 11 is 0. The van der Waals surface area contributed by atoms with Crippen molar-refractivity contribution in [3.8, 4) is 0 Å². The minimum atomic E-state index is 0.503. The fraction of sp³-hybridized carbons (Fsp3) is 0.500. The van der Waals surface area contributed by atoms with Crippen molar-refractivity contribution in [1.82, 2.24) is 14.8 Å². The van der Waals surface area contributed by atoms with Gasteiger partial charge in [-0.1, -0.05) is 13.3 Å². The number of nitrogens with two attached hydrogens (primary N) is 1. The zero-order chi connectivity index (χ0) is 13.1. The molecule has 6 nitrogen and oxygen atoms in total. The molecule has 0 unspecified atom stereocenters. The number of aryl methyl sites for hydroxylation is 3. The van der Waals surface area contributed by atoms with Gasteiger partial charge in [0.25, 0.3) is 0 Å². The normalized spacial score (nSPS) is 10.8. The molecule has 0 saturated heterocycles. The summed E-state index contributed by atoms with van der Waals surface area (Å²) in [6.45, 7) is 4.48. The number of anilines is 2. The Bertz CT molecular complexity index is 529. The van der Waals surface area contributed by atoms with Gasteiger partial charge < -0.3 is 15.5 Å². The maximum absolute atomic E-state index is 6.06. The van der Waals surface area contributed by atoms with Gasteiger partial charge in [-0.2, -0.15) is 5.10 Å². The van der Waals surface area contributed by atoms with E-state index in [0.29, 0.717) is 18.1 Å². The van der Waals surface area contributed by atoms with E-state index in [1.54, 1.807) is 10.9 Å². The molecule has 0 aliphatic heterocycles. The highest BCUT2D eigenvalue weighted by Gasteiger charge is 2.12. The third-order valence-corrected chi connectivity index (χ3v) is 2.72. The van der Waals surface area contributed by atoms with E-state index in [9.17, 15) is 0 Å². The molecule has 0 radical (unpaired) electrons. The summed E-state index contributed by atoms with van der Waals surface area (Å²) in [6.07, 6.45) is 3.62. The van der Waals surface area contributed by atoms with Gasteiger partial charge in [-0.15, -0.1) is 0 Å². The number of nitrogens with zero attached hydrogens (tertiary/aromatic N) is 3. The number of aromatic nitrogens is 3. The van der Waals surface area contributed by atoms with Crippen LogP contribution in [0.1, 0.15) is 30.7 Å². The highest BCUT2D eigenvalue weighted by atomic mass is 16.4. The van der Waals surface area contributed by atoms with E-state index < -0.39 is 0 Å². The maximum Gasteiger partial charge on any atom is 0.213 e. The molecule has 0 spiro atoms. The minimum absolute atomic E-state index is 0.503. The first-order chi connectivity index (χ1) is 8.61. The highest BCUT2D eigenvalue weighted by molar-refractivity contribution is 5.64. The number of nitrogen functional groups attached to an aromatic ring is 1. The molecule has 0 fully saturated rings. The average Bonchev–Trinajstić information content (AvgIpc) is 2.84. The van der Waals surface area contributed by atoms with E-state index in [-0.39, 0.29) is 0 Å². The molecule has 0 saturated carbocycles. The Balaban J connectivity index is 2.09. The number of oxazole rings is 1. The van der Waals surface area contributed by atoms with E-state index in [4.69, 9.17) is 10.2 Å². The molecule has 0 bridgehead atoms. The predicted octanol–water partition coefficient (Wildman–Crippen LogP) is 1.86. The predicted molar refractivity (Wildman–Crippen MR) is 70.2 cm³/mol. The molecular weight excluding hydrogens is 230 g/mol. The number of hydrogen-bond acceptors (Lipinski definition) is 5. The Labute approximate surface area is 106 Å². The van der Waals surface area contributed by atoms with E-state index in [1.807, 2.05) is 14.0 Å². The van der Waals surface area contributed by atoms with Crippen LogP contribution in [-0.4, -0.2) is 14.8 Å². The third kappa shape index (κ3) is 2.47. The first-order valence-corrected chi connectivity index (χ1v) is 6.08. The van der Waals surface area contributed by atoms with Gasteiger partial charge in [-0.25, -0.2) is 4.98 Å². The lowest BCUT2D eigenvalue weighted by atomic mass is 10.2. The zero-order valence-corrected chi connectivity index (χ0v) is 11.0. The van der Waals surface area contributed by atoms with Crippen LogP contribution in [0.5, 0.6) is 0 Å². The second-order valence-corrected chi connectivity index (χ2v) is 4.30. The molecule has 6 heteroatoms. The van der Waals surface area contributed by atoms with E-state index in [0.717, 1.165) is 30.1 Å². The van der Waals surface area contributed by atoms with E-state index in [2.05, 4.69) is 22.3 Å². The van der Waals surface area contributed by atoms with Crippen LogP contribution in [0.4, 0.5) is 11.5 Å². The molecule has 0 amide bonds. The maximum atomic E-state index is 6.06. The van der Waals surface area contributed by atoms with Crippen molar-refractivity contribution in [2.24, 2.45) is 7.05 Å². The van der Waals surface area contributed by atoms with Gasteiger partial charge in [0.05, 0.1) is 24.1 Å². The van der Waals surface area contributed by atoms with Gasteiger partial charge in [0.15, 0.2) is 0 Å². The van der Waals surface area contributed by atoms with Gasteiger partial charge in [-0.05, 0) is 13.3 Å². The molecule has 98 valence electrons. The molecule has 18 heavy (non-hydrogen) atoms. The van der Waals surface area contributed by atoms with Gasteiger partial charge >= 0.3 is 0 Å². The number of rotatable bonds is 5. The largest absolute Gasteiger partial charge is 0.444 e. The molecule has 2 rings (SSSR count). The molecule has 0 atom stereocenters. The van der Waals surface area contributed by atoms with Gasteiger partial charge in [0.2, 0.25) is 5.89 Å². The van der Waals surface area contributed by atoms with Crippen molar-refractivity contribution in [2.75, 3.05) is 11.1 Å². The summed E-state index contributed by atoms with van der Waals surface area (Å²) < 4.78 is 7.16. The highest BCUT2D eigenvalue weighted by Crippen LogP contribution is 2.23. The van der Waals surface area contributed by atoms with Crippen molar-refractivity contribution >= 4 is 11.5 Å². The zero-order valence-electron chi connectivity index (χ0n) is 11.0. The smallest absolute Gasteiger partial charge is 0.213 e. The number of hydrogen-bond donors (Lipinski definition) is 2. The van der Waals surface area contributed by atoms with Crippen LogP contribution in [-0.2, 0) is 20.0 Å². The fourth-order valence-corrected chi connectivity index (χ4v) is 1.87. The van der Waals surface area contributed by atoms with E-state index >= 15 is 0 Å². The van der Waals surface area contributed by atoms with Crippen LogP contribution < -0.4 is 11.1 Å². The Kier molecular flexibility index (Phi) is 3.55. The van der Waals surface area contributed by atoms with Gasteiger partial charge in [0.1, 0.15) is 11.6 Å². The first-order valence-electron chi connectivity index (χ1n) is 6.08. The fourth-order valence-electron chi connectivity index (χ4n) is 1.87. The van der Waals surface area contributed by atoms with Crippen molar-refractivity contribution in [3.63, 3.8) is 0 Å². The van der Waals surface area contributed by atoms with Gasteiger partial charge in [-0.3, -0.25) is 4.68 Å². The molecular formula is C12H19N5O. The molecule has 2 aromatic rings. The summed E-state index contributed by atoms with van der Waals surface area (Å²) in [5.74, 6) is 2.26. The standard InChI is InChI=1S/C12H19N5O/c1-4-5-9-11(13)12(17(3)16-9)15-7-10-14-6-8(2)18-10/h6,15H,4-5,7,13H2,1-3H3. The summed E-state index contributed by atoms with van der Waals surface area (Å²) in [5.41, 5.74) is 7.71. The lowest BCUT2D eigenvalue weighted by molar-refractivity contribution is 0.478. The van der Waals surface area contributed by atoms with Crippen molar-refractivity contribution in [2.45, 2.75) is 33.2 Å². The second kappa shape index (κ2) is 5.12. The van der Waals surface area contributed by atoms with Crippen LogP contribution in [0.25, 0.3) is 0 Å². The summed E-state index contributed by atoms with van der Waals surface area (Å²) in [6, 6.07) is 0. The molecule has 0 aliphatic rings. The second-order valence-electron chi connectivity index (χ2n) is 4.30. The summed E-state index contributed by atoms with van der Waals surface area (Å²) in [7, 11) is 1.87. The van der Waals surface area contributed by atoms with Crippen molar-refractivity contribution in [3.05, 3.63) is 23.5 Å². The Morgan fingerprint density at radius 3 is 2.89 bits per heavy atom. The SMILES string of the molecule is CCCc1nn(C)c(NCc2ncc(C)o2)c1N. The van der Waals surface area contributed by atoms with Gasteiger partial charge in [0, 0.05) is 7.05 Å². The van der Waals surface area contributed by atoms with Crippen LogP contribution in [0.15, 0.2) is 10.6 Å². The van der Waals surface area contributed by atoms with E-state index in [1.165, 1.54) is 0 Å². The first kappa shape index (κ1) is 12.5. The van der Waals surface area contributed by atoms with Crippen molar-refractivity contribution in [1.29, 1.82) is 0 Å². The van der Waals surface area contributed by atoms with Crippen LogP contribution in [0.2, 0.25) is 0 Å². The van der Waals surface area contributed by atoms with Crippen LogP contribution >= 0.6 is 0 Å². The third-order valence-electron chi connectivity index (χ3n) is 2.72. The molecule has 0 aliphatic carbocycles. The topological polar surface area (TPSA) is 81.9 Å². The van der Waals surface area contributed by atoms with Crippen molar-refractivity contribution < 1.29 is 4.42 Å². The Morgan fingerprint density at radius 2 is 2.28 bits per heavy atom. The monoisotopic (exact) mass is 249 g/mol. The number of nitrogens with one attached hydrogen (secondary N) is 1. The Morgan fingerprint density at radius 1 is 1.50 bits per heavy atom. The Hall–Kier alpha value is -1.98. The minimum Gasteiger partial charge on any atom is -0.444 e. The quantitative estimate of drug-likeness (QED) is 0.845. The lowest BCUT2D eigenvalue weighted by Gasteiger charge is -2.05. The summed E-state index contributed by atoms with van der Waals surface area (Å²) in [5, 5.41) is 7.60. The summed E-state index contributed by atoms with van der Waals surface area (Å²) in [4.78, 5) is 4.13. The van der Waals surface area contributed by atoms with Crippen LogP contribution in [0, 0.1) is 6.92 Å². The molecule has 2 heterocycles.